The molecule has 0 spiro atoms. The van der Waals surface area contributed by atoms with E-state index in [2.05, 4.69) is 20.5 Å². The first-order chi connectivity index (χ1) is 13.7. The summed E-state index contributed by atoms with van der Waals surface area (Å²) in [7, 11) is 3.16. The summed E-state index contributed by atoms with van der Waals surface area (Å²) in [5, 5.41) is 11.8. The molecule has 0 unspecified atom stereocenters. The molecular weight excluding hydrogens is 384 g/mol. The van der Waals surface area contributed by atoms with Gasteiger partial charge in [0.15, 0.2) is 16.6 Å². The van der Waals surface area contributed by atoms with Gasteiger partial charge in [0, 0.05) is 23.8 Å². The number of anilines is 2. The van der Waals surface area contributed by atoms with Gasteiger partial charge in [0.25, 0.3) is 0 Å². The van der Waals surface area contributed by atoms with Crippen LogP contribution in [-0.2, 0) is 0 Å². The molecule has 0 fully saturated rings. The average molecular weight is 398 g/mol. The maximum Gasteiger partial charge on any atom is 0.322 e. The van der Waals surface area contributed by atoms with Gasteiger partial charge in [0.05, 0.1) is 24.4 Å². The number of hydrogen-bond donors (Lipinski definition) is 1. The van der Waals surface area contributed by atoms with E-state index in [1.165, 1.54) is 11.3 Å². The van der Waals surface area contributed by atoms with Crippen molar-refractivity contribution in [3.63, 3.8) is 0 Å². The Hall–Kier alpha value is -3.53. The zero-order chi connectivity index (χ0) is 19.1. The van der Waals surface area contributed by atoms with E-state index in [0.717, 1.165) is 16.0 Å². The third kappa shape index (κ3) is 2.93. The van der Waals surface area contributed by atoms with E-state index in [9.17, 15) is 0 Å². The van der Waals surface area contributed by atoms with E-state index in [1.54, 1.807) is 32.4 Å². The molecule has 142 valence electrons. The van der Waals surface area contributed by atoms with Crippen molar-refractivity contribution in [2.75, 3.05) is 26.3 Å². The normalized spacial score (nSPS) is 12.4. The van der Waals surface area contributed by atoms with Crippen molar-refractivity contribution in [1.29, 1.82) is 0 Å². The van der Waals surface area contributed by atoms with Gasteiger partial charge in [-0.1, -0.05) is 16.4 Å². The highest BCUT2D eigenvalue weighted by atomic mass is 32.1. The first kappa shape index (κ1) is 16.6. The Labute approximate surface area is 162 Å². The minimum absolute atomic E-state index is 0.232. The smallest absolute Gasteiger partial charge is 0.322 e. The fraction of sp³-hybridized carbons (Fsp3) is 0.167. The summed E-state index contributed by atoms with van der Waals surface area (Å²) in [5.41, 5.74) is 1.49. The molecule has 9 nitrogen and oxygen atoms in total. The summed E-state index contributed by atoms with van der Waals surface area (Å²) in [6.07, 6.45) is 0. The largest absolute Gasteiger partial charge is 0.497 e. The van der Waals surface area contributed by atoms with Gasteiger partial charge >= 0.3 is 6.01 Å². The van der Waals surface area contributed by atoms with Crippen LogP contribution in [0.3, 0.4) is 0 Å². The van der Waals surface area contributed by atoms with Crippen LogP contribution >= 0.6 is 11.3 Å². The summed E-state index contributed by atoms with van der Waals surface area (Å²) in [5.74, 6) is 3.00. The zero-order valence-electron chi connectivity index (χ0n) is 14.9. The Kier molecular flexibility index (Phi) is 3.90. The average Bonchev–Trinajstić information content (AvgIpc) is 3.44. The van der Waals surface area contributed by atoms with Crippen molar-refractivity contribution in [3.8, 4) is 34.5 Å². The molecule has 1 aliphatic rings. The summed E-state index contributed by atoms with van der Waals surface area (Å²) in [6, 6.07) is 9.34. The van der Waals surface area contributed by atoms with Crippen molar-refractivity contribution in [3.05, 3.63) is 30.3 Å². The number of nitrogens with one attached hydrogen (secondary N) is 1. The number of methoxy groups -OCH3 is 2. The van der Waals surface area contributed by atoms with Crippen LogP contribution in [0.25, 0.3) is 21.7 Å². The number of nitrogens with zero attached hydrogens (tertiary/aromatic N) is 3. The van der Waals surface area contributed by atoms with Crippen LogP contribution < -0.4 is 24.3 Å². The summed E-state index contributed by atoms with van der Waals surface area (Å²) in [6.45, 7) is 0.234. The molecule has 0 amide bonds. The third-order valence-corrected chi connectivity index (χ3v) is 5.05. The van der Waals surface area contributed by atoms with Gasteiger partial charge in [0.1, 0.15) is 11.5 Å². The monoisotopic (exact) mass is 398 g/mol. The Morgan fingerprint density at radius 3 is 2.46 bits per heavy atom. The van der Waals surface area contributed by atoms with Crippen molar-refractivity contribution < 1.29 is 23.4 Å². The molecule has 0 aliphatic carbocycles. The highest BCUT2D eigenvalue weighted by Crippen LogP contribution is 2.39. The Bertz CT molecular complexity index is 1110. The van der Waals surface area contributed by atoms with E-state index in [4.69, 9.17) is 23.4 Å². The number of benzene rings is 2. The molecule has 4 aromatic rings. The Balaban J connectivity index is 1.42. The van der Waals surface area contributed by atoms with Crippen LogP contribution in [-0.4, -0.2) is 36.2 Å². The number of rotatable bonds is 5. The number of aromatic nitrogens is 3. The molecule has 3 heterocycles. The SMILES string of the molecule is COc1cc(OC)cc(-c2nnc(Nc3nc4cc5c(cc4s3)OCO5)o2)c1. The van der Waals surface area contributed by atoms with E-state index in [0.29, 0.717) is 33.8 Å². The third-order valence-electron chi connectivity index (χ3n) is 4.12. The van der Waals surface area contributed by atoms with E-state index >= 15 is 0 Å². The van der Waals surface area contributed by atoms with Crippen LogP contribution in [0.2, 0.25) is 0 Å². The van der Waals surface area contributed by atoms with Crippen LogP contribution in [0, 0.1) is 0 Å². The lowest BCUT2D eigenvalue weighted by Gasteiger charge is -2.05. The topological polar surface area (TPSA) is 101 Å². The van der Waals surface area contributed by atoms with Crippen LogP contribution in [0.4, 0.5) is 11.1 Å². The molecule has 10 heteroatoms. The second-order valence-electron chi connectivity index (χ2n) is 5.83. The molecular formula is C18H14N4O5S. The lowest BCUT2D eigenvalue weighted by molar-refractivity contribution is 0.174. The van der Waals surface area contributed by atoms with Gasteiger partial charge in [-0.2, -0.15) is 0 Å². The molecule has 1 N–H and O–H groups in total. The van der Waals surface area contributed by atoms with Crippen molar-refractivity contribution in [2.45, 2.75) is 0 Å². The first-order valence-electron chi connectivity index (χ1n) is 8.26. The first-order valence-corrected chi connectivity index (χ1v) is 9.07. The zero-order valence-corrected chi connectivity index (χ0v) is 15.7. The fourth-order valence-corrected chi connectivity index (χ4v) is 3.65. The quantitative estimate of drug-likeness (QED) is 0.537. The maximum atomic E-state index is 5.72. The predicted molar refractivity (Wildman–Crippen MR) is 102 cm³/mol. The maximum absolute atomic E-state index is 5.72. The van der Waals surface area contributed by atoms with Crippen molar-refractivity contribution in [1.82, 2.24) is 15.2 Å². The van der Waals surface area contributed by atoms with Crippen LogP contribution in [0.5, 0.6) is 23.0 Å². The van der Waals surface area contributed by atoms with E-state index in [1.807, 2.05) is 12.1 Å². The summed E-state index contributed by atoms with van der Waals surface area (Å²) in [4.78, 5) is 4.53. The molecule has 2 aromatic heterocycles. The van der Waals surface area contributed by atoms with E-state index < -0.39 is 0 Å². The number of thiazole rings is 1. The highest BCUT2D eigenvalue weighted by Gasteiger charge is 2.18. The van der Waals surface area contributed by atoms with Crippen molar-refractivity contribution >= 4 is 32.7 Å². The number of fused-ring (bicyclic) bond motifs is 2. The van der Waals surface area contributed by atoms with Crippen molar-refractivity contribution in [2.24, 2.45) is 0 Å². The van der Waals surface area contributed by atoms with Gasteiger partial charge in [-0.05, 0) is 12.1 Å². The molecule has 28 heavy (non-hydrogen) atoms. The molecule has 0 radical (unpaired) electrons. The summed E-state index contributed by atoms with van der Waals surface area (Å²) >= 11 is 1.45. The minimum Gasteiger partial charge on any atom is -0.497 e. The van der Waals surface area contributed by atoms with Gasteiger partial charge in [0.2, 0.25) is 12.7 Å². The standard InChI is InChI=1S/C18H14N4O5S/c1-23-10-3-9(4-11(5-10)24-2)16-21-22-17(27-16)20-18-19-12-6-13-14(26-8-25-13)7-15(12)28-18/h3-7H,8H2,1-2H3,(H,19,20,22). The molecule has 0 saturated carbocycles. The lowest BCUT2D eigenvalue weighted by atomic mass is 10.2. The molecule has 5 rings (SSSR count). The Morgan fingerprint density at radius 2 is 1.71 bits per heavy atom. The van der Waals surface area contributed by atoms with Gasteiger partial charge in [-0.15, -0.1) is 5.10 Å². The number of ether oxygens (including phenoxy) is 4. The van der Waals surface area contributed by atoms with Crippen LogP contribution in [0.1, 0.15) is 0 Å². The second-order valence-corrected chi connectivity index (χ2v) is 6.86. The fourth-order valence-electron chi connectivity index (χ4n) is 2.78. The molecule has 0 atom stereocenters. The van der Waals surface area contributed by atoms with Crippen LogP contribution in [0.15, 0.2) is 34.7 Å². The molecule has 0 bridgehead atoms. The highest BCUT2D eigenvalue weighted by molar-refractivity contribution is 7.22. The molecule has 1 aliphatic heterocycles. The predicted octanol–water partition coefficient (Wildman–Crippen LogP) is 3.84. The van der Waals surface area contributed by atoms with Gasteiger partial charge < -0.3 is 23.4 Å². The molecule has 2 aromatic carbocycles. The minimum atomic E-state index is 0.232. The number of hydrogen-bond acceptors (Lipinski definition) is 10. The van der Waals surface area contributed by atoms with Gasteiger partial charge in [-0.25, -0.2) is 4.98 Å². The van der Waals surface area contributed by atoms with E-state index in [-0.39, 0.29) is 12.8 Å². The second kappa shape index (κ2) is 6.57. The van der Waals surface area contributed by atoms with Gasteiger partial charge in [-0.3, -0.25) is 5.32 Å². The molecule has 0 saturated heterocycles. The summed E-state index contributed by atoms with van der Waals surface area (Å²) < 4.78 is 28.0. The lowest BCUT2D eigenvalue weighted by Crippen LogP contribution is -1.92. The Morgan fingerprint density at radius 1 is 0.964 bits per heavy atom.